The maximum Gasteiger partial charge on any atom is 0.220 e. The molecule has 0 radical (unpaired) electrons. The molecule has 0 aromatic rings. The molecule has 522 valence electrons. The van der Waals surface area contributed by atoms with Gasteiger partial charge >= 0.3 is 0 Å². The average molecular weight is 1300 g/mol. The molecule has 1 amide bonds. The Bertz CT molecular complexity index is 2240. The van der Waals surface area contributed by atoms with Crippen LogP contribution < -0.4 is 5.32 Å². The number of amides is 1. The van der Waals surface area contributed by atoms with Gasteiger partial charge in [0.15, 0.2) is 18.9 Å². The standard InChI is InChI=1S/C73H117NO18/c1-3-5-7-9-11-13-15-17-19-21-23-24-25-26-27-28-29-30-31-32-33-35-37-39-41-43-45-47-49-51-61(79)74-56(57(78)50-48-46-44-42-40-38-36-34-22-20-18-16-14-12-10-8-6-4-2)55-87-71-67(85)64(82)69(59(53-76)89-71)92-73-68(86)65(83)70(60(54-77)90-73)91-72-66(84)63(81)62(80)58(52-75)88-72/h5,7,11,13,17,19,22-24,26-27,29-30,32-34,37,39-40,42-43,45,48,50,56-60,62-73,75-78,80-86H,3-4,6,8-10,12,14-16,18,20-21,25,28,31,35-36,38,41,44,46-47,49,51-55H2,1-2H3,(H,74,79)/b7-5-,13-11-,19-17-,24-23-,27-26-,30-29-,33-32-,34-22+,39-37-,42-40+,45-43-,50-48+. The molecule has 12 N–H and O–H groups in total. The first-order valence-corrected chi connectivity index (χ1v) is 34.1. The second-order valence-electron chi connectivity index (χ2n) is 23.5. The molecule has 3 aliphatic rings. The molecule has 19 nitrogen and oxygen atoms in total. The molecule has 17 unspecified atom stereocenters. The van der Waals surface area contributed by atoms with Crippen molar-refractivity contribution in [3.63, 3.8) is 0 Å². The molecule has 0 spiro atoms. The van der Waals surface area contributed by atoms with Crippen LogP contribution in [0.4, 0.5) is 0 Å². The Morgan fingerprint density at radius 1 is 0.402 bits per heavy atom. The van der Waals surface area contributed by atoms with Crippen molar-refractivity contribution in [3.8, 4) is 0 Å². The Balaban J connectivity index is 1.48. The van der Waals surface area contributed by atoms with Gasteiger partial charge in [-0.25, -0.2) is 0 Å². The van der Waals surface area contributed by atoms with Crippen LogP contribution in [0, 0.1) is 0 Å². The minimum Gasteiger partial charge on any atom is -0.394 e. The highest BCUT2D eigenvalue weighted by molar-refractivity contribution is 5.76. The van der Waals surface area contributed by atoms with Gasteiger partial charge in [-0.15, -0.1) is 0 Å². The third-order valence-corrected chi connectivity index (χ3v) is 15.8. The van der Waals surface area contributed by atoms with E-state index >= 15 is 0 Å². The number of carbonyl (C=O) groups is 1. The topological polar surface area (TPSA) is 307 Å². The van der Waals surface area contributed by atoms with E-state index in [9.17, 15) is 61.0 Å². The van der Waals surface area contributed by atoms with Crippen molar-refractivity contribution in [1.29, 1.82) is 0 Å². The molecule has 0 aromatic heterocycles. The molecule has 92 heavy (non-hydrogen) atoms. The van der Waals surface area contributed by atoms with E-state index in [1.54, 1.807) is 6.08 Å². The Morgan fingerprint density at radius 2 is 0.761 bits per heavy atom. The summed E-state index contributed by atoms with van der Waals surface area (Å²) in [5.41, 5.74) is 0. The van der Waals surface area contributed by atoms with Crippen LogP contribution in [0.25, 0.3) is 0 Å². The fourth-order valence-corrected chi connectivity index (χ4v) is 10.3. The van der Waals surface area contributed by atoms with Gasteiger partial charge in [0.1, 0.15) is 73.2 Å². The molecule has 3 heterocycles. The van der Waals surface area contributed by atoms with Gasteiger partial charge < -0.3 is 89.9 Å². The lowest BCUT2D eigenvalue weighted by Crippen LogP contribution is -2.66. The first-order chi connectivity index (χ1) is 44.8. The summed E-state index contributed by atoms with van der Waals surface area (Å²) < 4.78 is 34.2. The molecule has 3 fully saturated rings. The Labute approximate surface area is 549 Å². The zero-order chi connectivity index (χ0) is 66.8. The third kappa shape index (κ3) is 34.4. The highest BCUT2D eigenvalue weighted by Gasteiger charge is 2.53. The Morgan fingerprint density at radius 3 is 1.22 bits per heavy atom. The van der Waals surface area contributed by atoms with Crippen LogP contribution >= 0.6 is 0 Å². The second kappa shape index (κ2) is 52.9. The maximum absolute atomic E-state index is 13.4. The van der Waals surface area contributed by atoms with E-state index in [4.69, 9.17) is 28.4 Å². The smallest absolute Gasteiger partial charge is 0.220 e. The van der Waals surface area contributed by atoms with E-state index < -0.39 is 131 Å². The minimum atomic E-state index is -2.00. The summed E-state index contributed by atoms with van der Waals surface area (Å²) in [5, 5.41) is 120. The van der Waals surface area contributed by atoms with Crippen molar-refractivity contribution >= 4 is 5.91 Å². The van der Waals surface area contributed by atoms with Crippen molar-refractivity contribution in [2.24, 2.45) is 0 Å². The summed E-state index contributed by atoms with van der Waals surface area (Å²) in [4.78, 5) is 13.4. The number of carbonyl (C=O) groups excluding carboxylic acids is 1. The first kappa shape index (κ1) is 81.9. The molecular weight excluding hydrogens is 1180 g/mol. The number of unbranched alkanes of at least 4 members (excludes halogenated alkanes) is 11. The number of allylic oxidation sites excluding steroid dienone is 23. The molecule has 17 atom stereocenters. The van der Waals surface area contributed by atoms with Crippen molar-refractivity contribution < 1.29 is 89.4 Å². The van der Waals surface area contributed by atoms with Crippen LogP contribution in [0.1, 0.15) is 174 Å². The molecule has 3 saturated heterocycles. The monoisotopic (exact) mass is 1300 g/mol. The van der Waals surface area contributed by atoms with Crippen LogP contribution in [0.15, 0.2) is 146 Å². The molecule has 0 bridgehead atoms. The van der Waals surface area contributed by atoms with Gasteiger partial charge in [0.2, 0.25) is 5.91 Å². The molecule has 3 rings (SSSR count). The Kier molecular flexibility index (Phi) is 47.1. The van der Waals surface area contributed by atoms with E-state index in [0.717, 1.165) is 83.5 Å². The fraction of sp³-hybridized carbons (Fsp3) is 0.658. The van der Waals surface area contributed by atoms with Gasteiger partial charge in [0.25, 0.3) is 0 Å². The molecule has 3 aliphatic heterocycles. The number of rotatable bonds is 49. The summed E-state index contributed by atoms with van der Waals surface area (Å²) in [5.74, 6) is -0.355. The minimum absolute atomic E-state index is 0.141. The van der Waals surface area contributed by atoms with Crippen molar-refractivity contribution in [2.75, 3.05) is 26.4 Å². The number of aliphatic hydroxyl groups excluding tert-OH is 11. The van der Waals surface area contributed by atoms with Crippen LogP contribution in [0.2, 0.25) is 0 Å². The summed E-state index contributed by atoms with van der Waals surface area (Å²) in [7, 11) is 0. The quantitative estimate of drug-likeness (QED) is 0.0200. The summed E-state index contributed by atoms with van der Waals surface area (Å²) in [6, 6.07) is -1.04. The number of aliphatic hydroxyl groups is 11. The van der Waals surface area contributed by atoms with Gasteiger partial charge in [-0.1, -0.05) is 205 Å². The van der Waals surface area contributed by atoms with E-state index in [1.165, 1.54) is 51.4 Å². The van der Waals surface area contributed by atoms with Gasteiger partial charge in [-0.3, -0.25) is 4.79 Å². The zero-order valence-corrected chi connectivity index (χ0v) is 55.0. The fourth-order valence-electron chi connectivity index (χ4n) is 10.3. The molecule has 19 heteroatoms. The molecule has 0 aromatic carbocycles. The lowest BCUT2D eigenvalue weighted by molar-refractivity contribution is -0.379. The van der Waals surface area contributed by atoms with Crippen LogP contribution in [-0.4, -0.2) is 193 Å². The van der Waals surface area contributed by atoms with Crippen molar-refractivity contribution in [1.82, 2.24) is 5.32 Å². The summed E-state index contributed by atoms with van der Waals surface area (Å²) in [6.45, 7) is 1.51. The zero-order valence-electron chi connectivity index (χ0n) is 55.0. The predicted molar refractivity (Wildman–Crippen MR) is 359 cm³/mol. The normalized spacial score (nSPS) is 28.6. The van der Waals surface area contributed by atoms with E-state index in [0.29, 0.717) is 19.3 Å². The van der Waals surface area contributed by atoms with Crippen LogP contribution in [0.3, 0.4) is 0 Å². The van der Waals surface area contributed by atoms with Crippen molar-refractivity contribution in [2.45, 2.75) is 279 Å². The van der Waals surface area contributed by atoms with Crippen LogP contribution in [-0.2, 0) is 33.2 Å². The highest BCUT2D eigenvalue weighted by atomic mass is 16.8. The van der Waals surface area contributed by atoms with Crippen LogP contribution in [0.5, 0.6) is 0 Å². The van der Waals surface area contributed by atoms with E-state index in [1.807, 2.05) is 18.2 Å². The maximum atomic E-state index is 13.4. The number of ether oxygens (including phenoxy) is 6. The number of hydrogen-bond acceptors (Lipinski definition) is 18. The van der Waals surface area contributed by atoms with E-state index in [-0.39, 0.29) is 12.3 Å². The Hall–Kier alpha value is -4.33. The summed E-state index contributed by atoms with van der Waals surface area (Å²) in [6.07, 6.45) is 48.2. The molecule has 0 saturated carbocycles. The summed E-state index contributed by atoms with van der Waals surface area (Å²) >= 11 is 0. The number of nitrogens with one attached hydrogen (secondary N) is 1. The van der Waals surface area contributed by atoms with Gasteiger partial charge in [0.05, 0.1) is 38.6 Å². The van der Waals surface area contributed by atoms with Gasteiger partial charge in [-0.2, -0.15) is 0 Å². The lowest BCUT2D eigenvalue weighted by atomic mass is 9.96. The third-order valence-electron chi connectivity index (χ3n) is 15.8. The van der Waals surface area contributed by atoms with Gasteiger partial charge in [-0.05, 0) is 109 Å². The molecular formula is C73H117NO18. The second-order valence-corrected chi connectivity index (χ2v) is 23.5. The van der Waals surface area contributed by atoms with Gasteiger partial charge in [0, 0.05) is 6.42 Å². The SMILES string of the molecule is CC/C=C\C/C=C\C/C=C\C/C=C\C/C=C\C/C=C\C/C=C\C/C=C\C/C=C\CCCC(=O)NC(COC1OC(CO)C(OC2OC(CO)C(OC3OC(CO)C(O)C(O)C3O)C(O)C2O)C(O)C1O)C(O)/C=C/CC/C=C/CC/C=C/CCCCCCCCCC. The molecule has 0 aliphatic carbocycles. The lowest BCUT2D eigenvalue weighted by Gasteiger charge is -2.48. The first-order valence-electron chi connectivity index (χ1n) is 34.1. The average Bonchev–Trinajstić information content (AvgIpc) is 0.834. The number of hydrogen-bond donors (Lipinski definition) is 12. The predicted octanol–water partition coefficient (Wildman–Crippen LogP) is 8.76. The van der Waals surface area contributed by atoms with E-state index in [2.05, 4.69) is 141 Å². The van der Waals surface area contributed by atoms with Crippen molar-refractivity contribution in [3.05, 3.63) is 146 Å². The largest absolute Gasteiger partial charge is 0.394 e. The highest BCUT2D eigenvalue weighted by Crippen LogP contribution is 2.33.